The molecule has 0 aliphatic rings. The van der Waals surface area contributed by atoms with Gasteiger partial charge in [0.1, 0.15) is 18.2 Å². The highest BCUT2D eigenvalue weighted by molar-refractivity contribution is 7.92. The third-order valence-corrected chi connectivity index (χ3v) is 6.52. The van der Waals surface area contributed by atoms with E-state index in [9.17, 15) is 23.6 Å². The summed E-state index contributed by atoms with van der Waals surface area (Å²) in [4.78, 5) is 19.8. The number of imidazole rings is 1. The van der Waals surface area contributed by atoms with Gasteiger partial charge in [-0.25, -0.2) is 18.2 Å². The lowest BCUT2D eigenvalue weighted by atomic mass is 10.2. The van der Waals surface area contributed by atoms with E-state index in [0.717, 1.165) is 0 Å². The monoisotopic (exact) mass is 508 g/mol. The number of carbonyl (C=O) groups excluding carboxylic acids is 1. The van der Waals surface area contributed by atoms with Gasteiger partial charge in [0.2, 0.25) is 0 Å². The van der Waals surface area contributed by atoms with Gasteiger partial charge in [0.15, 0.2) is 11.6 Å². The highest BCUT2D eigenvalue weighted by atomic mass is 35.5. The van der Waals surface area contributed by atoms with Crippen molar-refractivity contribution in [2.24, 2.45) is 0 Å². The summed E-state index contributed by atoms with van der Waals surface area (Å²) in [6.45, 7) is -0.628. The third kappa shape index (κ3) is 5.27. The summed E-state index contributed by atoms with van der Waals surface area (Å²) < 4.78 is 32.9. The summed E-state index contributed by atoms with van der Waals surface area (Å²) in [5.74, 6) is -1.30. The van der Waals surface area contributed by atoms with Crippen molar-refractivity contribution in [2.75, 3.05) is 11.3 Å². The molecule has 0 atom stereocenters. The fourth-order valence-electron chi connectivity index (χ4n) is 3.18. The standard InChI is InChI=1S/C24H17ClN4O5S/c25-15-9-11-16(12-10-15)35(32,33)29-19-6-2-1-5-17(19)24(31)34-14-22(30)18(13-26)23-27-20-7-3-4-8-21(20)28-23/h1-12,29-30H,14H2,(H,27,28). The minimum atomic E-state index is -4.01. The molecule has 0 spiro atoms. The van der Waals surface area contributed by atoms with Crippen LogP contribution in [-0.4, -0.2) is 36.1 Å². The molecular weight excluding hydrogens is 492 g/mol. The maximum atomic E-state index is 12.7. The number of fused-ring (bicyclic) bond motifs is 1. The summed E-state index contributed by atoms with van der Waals surface area (Å²) in [7, 11) is -4.01. The highest BCUT2D eigenvalue weighted by Crippen LogP contribution is 2.23. The van der Waals surface area contributed by atoms with Crippen molar-refractivity contribution in [3.05, 3.63) is 95.0 Å². The Morgan fingerprint density at radius 1 is 1.09 bits per heavy atom. The maximum Gasteiger partial charge on any atom is 0.340 e. The number of allylic oxidation sites excluding steroid dienone is 1. The molecule has 0 aliphatic heterocycles. The van der Waals surface area contributed by atoms with Crippen molar-refractivity contribution in [3.8, 4) is 6.07 Å². The van der Waals surface area contributed by atoms with Crippen LogP contribution in [0.5, 0.6) is 0 Å². The van der Waals surface area contributed by atoms with Gasteiger partial charge in [0.05, 0.1) is 27.2 Å². The lowest BCUT2D eigenvalue weighted by Gasteiger charge is -2.12. The molecule has 11 heteroatoms. The topological polar surface area (TPSA) is 145 Å². The van der Waals surface area contributed by atoms with Gasteiger partial charge < -0.3 is 14.8 Å². The van der Waals surface area contributed by atoms with Crippen molar-refractivity contribution in [2.45, 2.75) is 4.90 Å². The van der Waals surface area contributed by atoms with Crippen LogP contribution in [-0.2, 0) is 14.8 Å². The Morgan fingerprint density at radius 2 is 1.77 bits per heavy atom. The van der Waals surface area contributed by atoms with E-state index >= 15 is 0 Å². The molecule has 1 heterocycles. The number of aliphatic hydroxyl groups excluding tert-OH is 1. The van der Waals surface area contributed by atoms with Crippen LogP contribution >= 0.6 is 11.6 Å². The number of hydrogen-bond acceptors (Lipinski definition) is 7. The summed E-state index contributed by atoms with van der Waals surface area (Å²) in [6.07, 6.45) is 0. The summed E-state index contributed by atoms with van der Waals surface area (Å²) in [5.41, 5.74) is 0.975. The fourth-order valence-corrected chi connectivity index (χ4v) is 4.38. The number of para-hydroxylation sites is 3. The minimum Gasteiger partial charge on any atom is -0.507 e. The second kappa shape index (κ2) is 9.89. The smallest absolute Gasteiger partial charge is 0.340 e. The zero-order valence-corrected chi connectivity index (χ0v) is 19.5. The second-order valence-electron chi connectivity index (χ2n) is 7.22. The van der Waals surface area contributed by atoms with E-state index < -0.39 is 28.4 Å². The number of aromatic nitrogens is 2. The van der Waals surface area contributed by atoms with Crippen molar-refractivity contribution in [1.82, 2.24) is 9.97 Å². The van der Waals surface area contributed by atoms with E-state index in [0.29, 0.717) is 16.1 Å². The molecule has 0 amide bonds. The molecular formula is C24H17ClN4O5S. The van der Waals surface area contributed by atoms with Crippen molar-refractivity contribution < 1.29 is 23.1 Å². The van der Waals surface area contributed by atoms with Crippen LogP contribution in [0.4, 0.5) is 5.69 Å². The van der Waals surface area contributed by atoms with Crippen LogP contribution in [0.15, 0.2) is 83.5 Å². The zero-order valence-electron chi connectivity index (χ0n) is 17.9. The number of nitriles is 1. The first-order chi connectivity index (χ1) is 16.8. The molecule has 176 valence electrons. The summed E-state index contributed by atoms with van der Waals surface area (Å²) in [6, 6.07) is 20.3. The molecule has 0 fully saturated rings. The van der Waals surface area contributed by atoms with Gasteiger partial charge >= 0.3 is 5.97 Å². The number of sulfonamides is 1. The molecule has 0 aliphatic carbocycles. The number of anilines is 1. The summed E-state index contributed by atoms with van der Waals surface area (Å²) >= 11 is 5.81. The zero-order chi connectivity index (χ0) is 25.0. The molecule has 3 N–H and O–H groups in total. The van der Waals surface area contributed by atoms with E-state index in [4.69, 9.17) is 16.3 Å². The van der Waals surface area contributed by atoms with Crippen LogP contribution < -0.4 is 4.72 Å². The lowest BCUT2D eigenvalue weighted by Crippen LogP contribution is -2.17. The van der Waals surface area contributed by atoms with Gasteiger partial charge in [-0.15, -0.1) is 0 Å². The Balaban J connectivity index is 1.53. The number of rotatable bonds is 7. The highest BCUT2D eigenvalue weighted by Gasteiger charge is 2.21. The Bertz CT molecular complexity index is 1560. The number of nitrogens with one attached hydrogen (secondary N) is 2. The number of nitrogens with zero attached hydrogens (tertiary/aromatic N) is 2. The SMILES string of the molecule is N#CC(=C(O)COC(=O)c1ccccc1NS(=O)(=O)c1ccc(Cl)cc1)c1nc2ccccc2[nH]1. The minimum absolute atomic E-state index is 0.0197. The molecule has 0 saturated heterocycles. The van der Waals surface area contributed by atoms with Gasteiger partial charge in [-0.2, -0.15) is 5.26 Å². The number of ether oxygens (including phenoxy) is 1. The molecule has 9 nitrogen and oxygen atoms in total. The number of esters is 1. The first kappa shape index (κ1) is 23.8. The molecule has 0 unspecified atom stereocenters. The maximum absolute atomic E-state index is 12.7. The van der Waals surface area contributed by atoms with Gasteiger partial charge in [0.25, 0.3) is 10.0 Å². The van der Waals surface area contributed by atoms with Gasteiger partial charge in [-0.3, -0.25) is 4.72 Å². The largest absolute Gasteiger partial charge is 0.507 e. The molecule has 1 aromatic heterocycles. The number of benzene rings is 3. The summed E-state index contributed by atoms with van der Waals surface area (Å²) in [5, 5.41) is 20.3. The Labute approximate surface area is 205 Å². The van der Waals surface area contributed by atoms with Crippen LogP contribution in [0.3, 0.4) is 0 Å². The number of carbonyl (C=O) groups is 1. The quantitative estimate of drug-likeness (QED) is 0.187. The average Bonchev–Trinajstić information content (AvgIpc) is 3.27. The lowest BCUT2D eigenvalue weighted by molar-refractivity contribution is 0.0504. The number of H-pyrrole nitrogens is 1. The van der Waals surface area contributed by atoms with E-state index in [-0.39, 0.29) is 27.5 Å². The molecule has 0 radical (unpaired) electrons. The first-order valence-electron chi connectivity index (χ1n) is 10.1. The van der Waals surface area contributed by atoms with E-state index in [2.05, 4.69) is 14.7 Å². The Kier molecular flexibility index (Phi) is 6.73. The van der Waals surface area contributed by atoms with E-state index in [1.807, 2.05) is 6.07 Å². The van der Waals surface area contributed by atoms with E-state index in [1.54, 1.807) is 30.3 Å². The second-order valence-corrected chi connectivity index (χ2v) is 9.34. The van der Waals surface area contributed by atoms with Crippen LogP contribution in [0.25, 0.3) is 16.6 Å². The van der Waals surface area contributed by atoms with Crippen molar-refractivity contribution >= 4 is 49.9 Å². The first-order valence-corrected chi connectivity index (χ1v) is 12.0. The Hall–Kier alpha value is -4.33. The van der Waals surface area contributed by atoms with Crippen molar-refractivity contribution in [1.29, 1.82) is 5.26 Å². The molecule has 4 aromatic rings. The molecule has 0 bridgehead atoms. The Morgan fingerprint density at radius 3 is 2.49 bits per heavy atom. The third-order valence-electron chi connectivity index (χ3n) is 4.88. The van der Waals surface area contributed by atoms with Crippen molar-refractivity contribution in [3.63, 3.8) is 0 Å². The van der Waals surface area contributed by atoms with Crippen LogP contribution in [0.1, 0.15) is 16.2 Å². The molecule has 4 rings (SSSR count). The number of aromatic amines is 1. The number of hydrogen-bond donors (Lipinski definition) is 3. The fraction of sp³-hybridized carbons (Fsp3) is 0.0417. The van der Waals surface area contributed by atoms with Gasteiger partial charge in [-0.05, 0) is 48.5 Å². The average molecular weight is 509 g/mol. The molecule has 35 heavy (non-hydrogen) atoms. The van der Waals surface area contributed by atoms with Crippen LogP contribution in [0, 0.1) is 11.3 Å². The molecule has 3 aromatic carbocycles. The predicted octanol–water partition coefficient (Wildman–Crippen LogP) is 4.67. The number of halogens is 1. The van der Waals surface area contributed by atoms with E-state index in [1.165, 1.54) is 42.5 Å². The number of aliphatic hydroxyl groups is 1. The predicted molar refractivity (Wildman–Crippen MR) is 130 cm³/mol. The normalized spacial score (nSPS) is 12.0. The molecule has 0 saturated carbocycles. The van der Waals surface area contributed by atoms with Gasteiger partial charge in [0, 0.05) is 5.02 Å². The van der Waals surface area contributed by atoms with Crippen LogP contribution in [0.2, 0.25) is 5.02 Å². The van der Waals surface area contributed by atoms with Gasteiger partial charge in [-0.1, -0.05) is 35.9 Å².